The monoisotopic (exact) mass is 227 g/mol. The van der Waals surface area contributed by atoms with Gasteiger partial charge in [-0.25, -0.2) is 4.98 Å². The van der Waals surface area contributed by atoms with Crippen molar-refractivity contribution in [1.82, 2.24) is 10.7 Å². The first-order chi connectivity index (χ1) is 7.15. The van der Waals surface area contributed by atoms with Gasteiger partial charge in [0.15, 0.2) is 10.8 Å². The van der Waals surface area contributed by atoms with Crippen molar-refractivity contribution in [3.8, 4) is 0 Å². The molecule has 0 atom stereocenters. The van der Waals surface area contributed by atoms with E-state index in [2.05, 4.69) is 10.1 Å². The van der Waals surface area contributed by atoms with E-state index < -0.39 is 5.91 Å². The quantitative estimate of drug-likeness (QED) is 0.453. The van der Waals surface area contributed by atoms with Crippen LogP contribution in [0, 0.1) is 0 Å². The maximum atomic E-state index is 10.9. The van der Waals surface area contributed by atoms with Crippen LogP contribution in [0.15, 0.2) is 10.5 Å². The van der Waals surface area contributed by atoms with Gasteiger partial charge in [-0.1, -0.05) is 12.1 Å². The van der Waals surface area contributed by atoms with Gasteiger partial charge < -0.3 is 10.6 Å². The molecule has 0 aliphatic rings. The van der Waals surface area contributed by atoms with Crippen molar-refractivity contribution in [3.63, 3.8) is 0 Å². The van der Waals surface area contributed by atoms with Gasteiger partial charge in [0.1, 0.15) is 12.3 Å². The van der Waals surface area contributed by atoms with Crippen LogP contribution in [0.1, 0.15) is 19.0 Å². The Morgan fingerprint density at radius 2 is 2.53 bits per heavy atom. The fourth-order valence-corrected chi connectivity index (χ4v) is 1.35. The van der Waals surface area contributed by atoms with Crippen molar-refractivity contribution in [1.29, 1.82) is 0 Å². The molecule has 3 N–H and O–H groups in total. The molecule has 0 bridgehead atoms. The van der Waals surface area contributed by atoms with Gasteiger partial charge in [-0.2, -0.15) is 0 Å². The van der Waals surface area contributed by atoms with Crippen LogP contribution in [0.5, 0.6) is 0 Å². The van der Waals surface area contributed by atoms with Crippen LogP contribution in [-0.2, 0) is 9.63 Å². The third-order valence-corrected chi connectivity index (χ3v) is 2.10. The lowest BCUT2D eigenvalue weighted by Crippen LogP contribution is -2.17. The molecule has 0 aliphatic carbocycles. The Labute approximate surface area is 90.9 Å². The van der Waals surface area contributed by atoms with Gasteiger partial charge >= 0.3 is 0 Å². The maximum Gasteiger partial charge on any atom is 0.294 e. The van der Waals surface area contributed by atoms with E-state index >= 15 is 0 Å². The molecule has 1 aromatic heterocycles. The largest absolute Gasteiger partial charge is 0.395 e. The normalized spacial score (nSPS) is 11.4. The van der Waals surface area contributed by atoms with Crippen molar-refractivity contribution in [3.05, 3.63) is 11.1 Å². The van der Waals surface area contributed by atoms with Crippen molar-refractivity contribution in [2.75, 3.05) is 12.3 Å². The third-order valence-electron chi connectivity index (χ3n) is 1.43. The molecule has 7 heteroatoms. The zero-order valence-electron chi connectivity index (χ0n) is 8.19. The second kappa shape index (κ2) is 5.30. The van der Waals surface area contributed by atoms with Crippen LogP contribution < -0.4 is 11.5 Å². The van der Waals surface area contributed by atoms with Gasteiger partial charge in [0.25, 0.3) is 5.91 Å². The van der Waals surface area contributed by atoms with Gasteiger partial charge in [0.05, 0.1) is 0 Å². The predicted octanol–water partition coefficient (Wildman–Crippen LogP) is 0.666. The Bertz CT molecular complexity index is 374. The van der Waals surface area contributed by atoms with Crippen LogP contribution in [0.4, 0.5) is 5.13 Å². The molecule has 0 spiro atoms. The molecule has 1 radical (unpaired) electrons. The summed E-state index contributed by atoms with van der Waals surface area (Å²) in [5.74, 6) is -0.934. The van der Waals surface area contributed by atoms with E-state index in [9.17, 15) is 4.79 Å². The van der Waals surface area contributed by atoms with Crippen LogP contribution in [0.25, 0.3) is 0 Å². The summed E-state index contributed by atoms with van der Waals surface area (Å²) in [6.07, 6.45) is 0.780. The zero-order valence-corrected chi connectivity index (χ0v) is 9.00. The molecule has 0 fully saturated rings. The minimum atomic E-state index is -0.934. The van der Waals surface area contributed by atoms with Crippen LogP contribution >= 0.6 is 11.3 Å². The molecule has 81 valence electrons. The molecule has 6 nitrogen and oxygen atoms in total. The van der Waals surface area contributed by atoms with E-state index in [0.717, 1.165) is 6.42 Å². The average Bonchev–Trinajstić information content (AvgIpc) is 2.59. The Morgan fingerprint density at radius 1 is 1.80 bits per heavy atom. The minimum absolute atomic E-state index is 0.114. The molecule has 0 aromatic carbocycles. The Kier molecular flexibility index (Phi) is 4.04. The summed E-state index contributed by atoms with van der Waals surface area (Å²) in [6, 6.07) is 0. The highest BCUT2D eigenvalue weighted by molar-refractivity contribution is 7.13. The SMILES string of the molecule is CCCON=C(C([NH])=O)c1csc(N)n1. The molecule has 0 saturated heterocycles. The summed E-state index contributed by atoms with van der Waals surface area (Å²) in [6.45, 7) is 2.31. The van der Waals surface area contributed by atoms with Crippen LogP contribution in [0.3, 0.4) is 0 Å². The number of thiazole rings is 1. The summed E-state index contributed by atoms with van der Waals surface area (Å²) in [5.41, 5.74) is 12.6. The molecular formula is C8H11N4O2S. The van der Waals surface area contributed by atoms with E-state index in [0.29, 0.717) is 11.7 Å². The first-order valence-electron chi connectivity index (χ1n) is 4.32. The highest BCUT2D eigenvalue weighted by Gasteiger charge is 2.15. The number of amides is 1. The van der Waals surface area contributed by atoms with Crippen molar-refractivity contribution < 1.29 is 9.63 Å². The van der Waals surface area contributed by atoms with Crippen molar-refractivity contribution >= 4 is 28.1 Å². The molecule has 1 heterocycles. The van der Waals surface area contributed by atoms with Crippen LogP contribution in [0.2, 0.25) is 0 Å². The van der Waals surface area contributed by atoms with Crippen LogP contribution in [-0.4, -0.2) is 23.2 Å². The summed E-state index contributed by atoms with van der Waals surface area (Å²) >= 11 is 1.18. The summed E-state index contributed by atoms with van der Waals surface area (Å²) < 4.78 is 0. The minimum Gasteiger partial charge on any atom is -0.395 e. The Balaban J connectivity index is 2.83. The lowest BCUT2D eigenvalue weighted by molar-refractivity contribution is -0.112. The number of nitrogens with one attached hydrogen (secondary N) is 1. The highest BCUT2D eigenvalue weighted by Crippen LogP contribution is 2.12. The zero-order chi connectivity index (χ0) is 11.3. The maximum absolute atomic E-state index is 10.9. The van der Waals surface area contributed by atoms with E-state index in [-0.39, 0.29) is 11.4 Å². The van der Waals surface area contributed by atoms with Gasteiger partial charge in [-0.05, 0) is 6.42 Å². The average molecular weight is 227 g/mol. The second-order valence-electron chi connectivity index (χ2n) is 2.67. The fourth-order valence-electron chi connectivity index (χ4n) is 0.802. The smallest absolute Gasteiger partial charge is 0.294 e. The first-order valence-corrected chi connectivity index (χ1v) is 5.20. The second-order valence-corrected chi connectivity index (χ2v) is 3.56. The number of carbonyl (C=O) groups is 1. The van der Waals surface area contributed by atoms with E-state index in [1.165, 1.54) is 11.3 Å². The third kappa shape index (κ3) is 3.21. The molecule has 0 aliphatic heterocycles. The lowest BCUT2D eigenvalue weighted by atomic mass is 10.3. The number of hydrogen-bond donors (Lipinski definition) is 1. The topological polar surface area (TPSA) is 101 Å². The first kappa shape index (κ1) is 11.4. The standard InChI is InChI=1S/C8H11N4O2S/c1-2-3-14-12-6(7(9)13)5-4-15-8(10)11-5/h4,9H,2-3H2,1H3,(H2,10,11). The van der Waals surface area contributed by atoms with E-state index in [4.69, 9.17) is 16.3 Å². The number of nitrogens with zero attached hydrogens (tertiary/aromatic N) is 2. The van der Waals surface area contributed by atoms with Crippen molar-refractivity contribution in [2.45, 2.75) is 13.3 Å². The van der Waals surface area contributed by atoms with Gasteiger partial charge in [-0.3, -0.25) is 10.5 Å². The molecule has 1 rings (SSSR count). The number of aromatic nitrogens is 1. The molecule has 0 unspecified atom stereocenters. The van der Waals surface area contributed by atoms with Gasteiger partial charge in [0.2, 0.25) is 0 Å². The number of hydrogen-bond acceptors (Lipinski definition) is 6. The number of carbonyl (C=O) groups excluding carboxylic acids is 1. The number of nitrogen functional groups attached to an aromatic ring is 1. The Hall–Kier alpha value is -1.63. The van der Waals surface area contributed by atoms with E-state index in [1.807, 2.05) is 6.92 Å². The summed E-state index contributed by atoms with van der Waals surface area (Å²) in [5, 5.41) is 5.46. The van der Waals surface area contributed by atoms with Gasteiger partial charge in [0, 0.05) is 5.38 Å². The number of anilines is 1. The molecule has 1 aromatic rings. The highest BCUT2D eigenvalue weighted by atomic mass is 32.1. The lowest BCUT2D eigenvalue weighted by Gasteiger charge is -1.98. The predicted molar refractivity (Wildman–Crippen MR) is 57.4 cm³/mol. The molecule has 1 amide bonds. The summed E-state index contributed by atoms with van der Waals surface area (Å²) in [4.78, 5) is 19.6. The molecule has 0 saturated carbocycles. The van der Waals surface area contributed by atoms with Gasteiger partial charge in [-0.15, -0.1) is 11.3 Å². The molecular weight excluding hydrogens is 216 g/mol. The number of nitrogens with two attached hydrogens (primary N) is 1. The Morgan fingerprint density at radius 3 is 3.00 bits per heavy atom. The number of oxime groups is 1. The van der Waals surface area contributed by atoms with Crippen molar-refractivity contribution in [2.24, 2.45) is 5.16 Å². The summed E-state index contributed by atoms with van der Waals surface area (Å²) in [7, 11) is 0. The number of rotatable bonds is 5. The molecule has 15 heavy (non-hydrogen) atoms. The van der Waals surface area contributed by atoms with E-state index in [1.54, 1.807) is 5.38 Å². The fraction of sp³-hybridized carbons (Fsp3) is 0.375.